The molecule has 0 aliphatic rings. The van der Waals surface area contributed by atoms with Gasteiger partial charge in [0.05, 0.1) is 17.3 Å². The smallest absolute Gasteiger partial charge is 0.250 e. The van der Waals surface area contributed by atoms with E-state index in [1.54, 1.807) is 16.8 Å². The molecule has 2 aromatic rings. The maximum Gasteiger partial charge on any atom is 0.250 e. The largest absolute Gasteiger partial charge is 0.366 e. The average molecular weight is 203 g/mol. The summed E-state index contributed by atoms with van der Waals surface area (Å²) in [5.41, 5.74) is 7.67. The molecule has 0 aromatic carbocycles. The molecule has 0 spiro atoms. The molecule has 1 amide bonds. The minimum Gasteiger partial charge on any atom is -0.366 e. The van der Waals surface area contributed by atoms with Crippen LogP contribution in [-0.4, -0.2) is 15.5 Å². The molecule has 2 N–H and O–H groups in total. The summed E-state index contributed by atoms with van der Waals surface area (Å²) in [5, 5.41) is 4.11. The van der Waals surface area contributed by atoms with Crippen LogP contribution >= 0.6 is 0 Å². The molecule has 15 heavy (non-hydrogen) atoms. The van der Waals surface area contributed by atoms with Crippen LogP contribution in [0.3, 0.4) is 0 Å². The molecule has 0 unspecified atom stereocenters. The summed E-state index contributed by atoms with van der Waals surface area (Å²) in [6, 6.07) is 3.62. The molecule has 0 saturated heterocycles. The predicted octanol–water partition coefficient (Wildman–Crippen LogP) is 1.56. The van der Waals surface area contributed by atoms with Crippen LogP contribution in [-0.2, 0) is 0 Å². The number of fused-ring (bicyclic) bond motifs is 1. The SMILES string of the molecule is CC(C)c1cc(C(N)=O)c2ccnn2c1. The molecule has 0 radical (unpaired) electrons. The Hall–Kier alpha value is -1.84. The van der Waals surface area contributed by atoms with Gasteiger partial charge in [-0.1, -0.05) is 13.8 Å². The zero-order valence-electron chi connectivity index (χ0n) is 8.77. The molecular weight excluding hydrogens is 190 g/mol. The van der Waals surface area contributed by atoms with Crippen LogP contribution in [0.5, 0.6) is 0 Å². The van der Waals surface area contributed by atoms with Gasteiger partial charge >= 0.3 is 0 Å². The Morgan fingerprint density at radius 1 is 1.53 bits per heavy atom. The van der Waals surface area contributed by atoms with Crippen LogP contribution in [0.2, 0.25) is 0 Å². The first kappa shape index (κ1) is 9.71. The first-order chi connectivity index (χ1) is 7.09. The number of carbonyl (C=O) groups is 1. The Labute approximate surface area is 87.7 Å². The zero-order valence-corrected chi connectivity index (χ0v) is 8.77. The quantitative estimate of drug-likeness (QED) is 0.805. The summed E-state index contributed by atoms with van der Waals surface area (Å²) in [4.78, 5) is 11.3. The molecule has 0 aliphatic heterocycles. The van der Waals surface area contributed by atoms with Crippen molar-refractivity contribution in [3.63, 3.8) is 0 Å². The highest BCUT2D eigenvalue weighted by Crippen LogP contribution is 2.19. The molecular formula is C11H13N3O. The summed E-state index contributed by atoms with van der Waals surface area (Å²) in [6.45, 7) is 4.13. The highest BCUT2D eigenvalue weighted by molar-refractivity contribution is 5.99. The topological polar surface area (TPSA) is 60.4 Å². The summed E-state index contributed by atoms with van der Waals surface area (Å²) in [6.07, 6.45) is 3.58. The predicted molar refractivity (Wildman–Crippen MR) is 57.8 cm³/mol. The molecule has 2 aromatic heterocycles. The fourth-order valence-corrected chi connectivity index (χ4v) is 1.56. The van der Waals surface area contributed by atoms with Crippen molar-refractivity contribution in [3.05, 3.63) is 35.7 Å². The molecule has 0 bridgehead atoms. The van der Waals surface area contributed by atoms with Gasteiger partial charge in [-0.25, -0.2) is 4.52 Å². The second-order valence-electron chi connectivity index (χ2n) is 3.87. The van der Waals surface area contributed by atoms with E-state index in [1.807, 2.05) is 12.3 Å². The van der Waals surface area contributed by atoms with Crippen molar-refractivity contribution < 1.29 is 4.79 Å². The average Bonchev–Trinajstić information content (AvgIpc) is 2.62. The lowest BCUT2D eigenvalue weighted by molar-refractivity contribution is 0.100. The Balaban J connectivity index is 2.74. The number of aromatic nitrogens is 2. The van der Waals surface area contributed by atoms with Gasteiger partial charge in [-0.2, -0.15) is 5.10 Å². The van der Waals surface area contributed by atoms with E-state index in [9.17, 15) is 4.79 Å². The number of pyridine rings is 1. The second kappa shape index (κ2) is 3.38. The third kappa shape index (κ3) is 1.58. The number of hydrogen-bond acceptors (Lipinski definition) is 2. The monoisotopic (exact) mass is 203 g/mol. The van der Waals surface area contributed by atoms with Crippen LogP contribution in [0.4, 0.5) is 0 Å². The molecule has 4 heteroatoms. The van der Waals surface area contributed by atoms with Gasteiger partial charge in [0.15, 0.2) is 0 Å². The van der Waals surface area contributed by atoms with Crippen molar-refractivity contribution in [1.29, 1.82) is 0 Å². The molecule has 0 fully saturated rings. The third-order valence-electron chi connectivity index (χ3n) is 2.46. The van der Waals surface area contributed by atoms with Gasteiger partial charge < -0.3 is 5.73 Å². The molecule has 2 heterocycles. The van der Waals surface area contributed by atoms with E-state index < -0.39 is 5.91 Å². The molecule has 2 rings (SSSR count). The number of nitrogens with two attached hydrogens (primary N) is 1. The number of rotatable bonds is 2. The normalized spacial score (nSPS) is 11.1. The summed E-state index contributed by atoms with van der Waals surface area (Å²) in [5.74, 6) is -0.0697. The van der Waals surface area contributed by atoms with E-state index in [2.05, 4.69) is 18.9 Å². The molecule has 78 valence electrons. The minimum absolute atomic E-state index is 0.344. The van der Waals surface area contributed by atoms with Crippen molar-refractivity contribution in [3.8, 4) is 0 Å². The standard InChI is InChI=1S/C11H13N3O/c1-7(2)8-5-9(11(12)15)10-3-4-13-14(10)6-8/h3-7H,1-2H3,(H2,12,15). The van der Waals surface area contributed by atoms with Crippen molar-refractivity contribution >= 4 is 11.4 Å². The van der Waals surface area contributed by atoms with E-state index in [4.69, 9.17) is 5.73 Å². The van der Waals surface area contributed by atoms with Crippen molar-refractivity contribution in [2.45, 2.75) is 19.8 Å². The zero-order chi connectivity index (χ0) is 11.0. The Kier molecular flexibility index (Phi) is 2.19. The van der Waals surface area contributed by atoms with E-state index in [0.717, 1.165) is 11.1 Å². The van der Waals surface area contributed by atoms with Gasteiger partial charge in [-0.3, -0.25) is 4.79 Å². The van der Waals surface area contributed by atoms with Crippen LogP contribution in [0.1, 0.15) is 35.7 Å². The fourth-order valence-electron chi connectivity index (χ4n) is 1.56. The first-order valence-electron chi connectivity index (χ1n) is 4.86. The Morgan fingerprint density at radius 3 is 2.87 bits per heavy atom. The van der Waals surface area contributed by atoms with Gasteiger partial charge in [0.1, 0.15) is 0 Å². The highest BCUT2D eigenvalue weighted by atomic mass is 16.1. The van der Waals surface area contributed by atoms with E-state index in [0.29, 0.717) is 11.5 Å². The molecule has 0 atom stereocenters. The second-order valence-corrected chi connectivity index (χ2v) is 3.87. The van der Waals surface area contributed by atoms with E-state index in [1.165, 1.54) is 0 Å². The maximum absolute atomic E-state index is 11.3. The maximum atomic E-state index is 11.3. The van der Waals surface area contributed by atoms with Crippen molar-refractivity contribution in [2.75, 3.05) is 0 Å². The van der Waals surface area contributed by atoms with Crippen molar-refractivity contribution in [2.24, 2.45) is 5.73 Å². The first-order valence-corrected chi connectivity index (χ1v) is 4.86. The summed E-state index contributed by atoms with van der Waals surface area (Å²) < 4.78 is 1.69. The number of carbonyl (C=O) groups excluding carboxylic acids is 1. The van der Waals surface area contributed by atoms with Gasteiger partial charge in [-0.15, -0.1) is 0 Å². The lowest BCUT2D eigenvalue weighted by Gasteiger charge is -2.08. The minimum atomic E-state index is -0.414. The summed E-state index contributed by atoms with van der Waals surface area (Å²) in [7, 11) is 0. The number of amides is 1. The van der Waals surface area contributed by atoms with Crippen LogP contribution in [0.15, 0.2) is 24.5 Å². The van der Waals surface area contributed by atoms with Crippen LogP contribution < -0.4 is 5.73 Å². The van der Waals surface area contributed by atoms with Crippen molar-refractivity contribution in [1.82, 2.24) is 9.61 Å². The van der Waals surface area contributed by atoms with Crippen LogP contribution in [0, 0.1) is 0 Å². The molecule has 0 saturated carbocycles. The lowest BCUT2D eigenvalue weighted by atomic mass is 10.0. The third-order valence-corrected chi connectivity index (χ3v) is 2.46. The summed E-state index contributed by atoms with van der Waals surface area (Å²) >= 11 is 0. The molecule has 0 aliphatic carbocycles. The van der Waals surface area contributed by atoms with Gasteiger partial charge in [0, 0.05) is 6.20 Å². The highest BCUT2D eigenvalue weighted by Gasteiger charge is 2.11. The number of hydrogen-bond donors (Lipinski definition) is 1. The number of nitrogens with zero attached hydrogens (tertiary/aromatic N) is 2. The Morgan fingerprint density at radius 2 is 2.27 bits per heavy atom. The van der Waals surface area contributed by atoms with Crippen LogP contribution in [0.25, 0.3) is 5.52 Å². The van der Waals surface area contributed by atoms with Gasteiger partial charge in [0.25, 0.3) is 5.91 Å². The van der Waals surface area contributed by atoms with E-state index >= 15 is 0 Å². The molecule has 4 nitrogen and oxygen atoms in total. The van der Waals surface area contributed by atoms with E-state index in [-0.39, 0.29) is 0 Å². The lowest BCUT2D eigenvalue weighted by Crippen LogP contribution is -2.13. The fraction of sp³-hybridized carbons (Fsp3) is 0.273. The number of primary amides is 1. The van der Waals surface area contributed by atoms with Gasteiger partial charge in [0.2, 0.25) is 0 Å². The van der Waals surface area contributed by atoms with Gasteiger partial charge in [-0.05, 0) is 23.6 Å². The Bertz CT molecular complexity index is 514.